The molecule has 20 atom stereocenters. The van der Waals surface area contributed by atoms with Gasteiger partial charge in [0.25, 0.3) is 40.5 Å². The van der Waals surface area contributed by atoms with Gasteiger partial charge in [0.15, 0.2) is 0 Å². The van der Waals surface area contributed by atoms with Crippen LogP contribution in [-0.4, -0.2) is 122 Å². The van der Waals surface area contributed by atoms with Gasteiger partial charge in [-0.25, -0.2) is 0 Å². The molecule has 9 rings (SSSR count). The van der Waals surface area contributed by atoms with Crippen LogP contribution in [0.2, 0.25) is 0 Å². The molecule has 25 heteroatoms. The summed E-state index contributed by atoms with van der Waals surface area (Å²) >= 11 is 0. The molecular weight excluding hydrogens is 923 g/mol. The molecule has 0 aromatic carbocycles. The summed E-state index contributed by atoms with van der Waals surface area (Å²) in [6.45, 7) is 0. The van der Waals surface area contributed by atoms with Crippen molar-refractivity contribution in [1.82, 2.24) is 42.5 Å². The summed E-state index contributed by atoms with van der Waals surface area (Å²) in [5.41, 5.74) is 0. The van der Waals surface area contributed by atoms with Gasteiger partial charge in [0.2, 0.25) is 0 Å². The summed E-state index contributed by atoms with van der Waals surface area (Å²) in [5, 5.41) is 17.7. The van der Waals surface area contributed by atoms with E-state index in [0.717, 1.165) is 77.0 Å². The van der Waals surface area contributed by atoms with Crippen LogP contribution in [0.1, 0.15) is 77.0 Å². The molecule has 57 heavy (non-hydrogen) atoms. The van der Waals surface area contributed by atoms with Gasteiger partial charge in [0.1, 0.15) is 21.0 Å². The van der Waals surface area contributed by atoms with Crippen LogP contribution in [0.3, 0.4) is 0 Å². The fraction of sp³-hybridized carbons (Fsp3) is 1.00. The standard InChI is InChI=1S/C32H56N8O12S4.Pd/c41-53(42,43)21-19-20(22(54(44,45)46)24(56(50,51)52)23(21)55(47,48)49)32-39-30-18-12-6-4-10-16(18)28(37-30)35-26-14-8-2-1-7-13(14)25(33-26)34-27-15-9-3-5-11-17(15)29(36-27)38-31(19)40-32;/h13-40H,1-12H2,(H,41,42,43)(H,44,45,46)(H,47,48,49)(H,50,51,52);. The second-order valence-corrected chi connectivity index (χ2v) is 24.4. The number of hydrogen-bond acceptors (Lipinski definition) is 16. The molecule has 0 radical (unpaired) electrons. The monoisotopic (exact) mass is 978 g/mol. The fourth-order valence-corrected chi connectivity index (χ4v) is 20.7. The molecule has 0 aromatic heterocycles. The van der Waals surface area contributed by atoms with E-state index >= 15 is 0 Å². The Morgan fingerprint density at radius 1 is 0.298 bits per heavy atom. The van der Waals surface area contributed by atoms with Crippen molar-refractivity contribution in [2.24, 2.45) is 47.3 Å². The summed E-state index contributed by atoms with van der Waals surface area (Å²) in [5.74, 6) is -2.57. The molecule has 4 saturated carbocycles. The van der Waals surface area contributed by atoms with Gasteiger partial charge in [-0.1, -0.05) is 38.5 Å². The predicted molar refractivity (Wildman–Crippen MR) is 200 cm³/mol. The zero-order valence-corrected chi connectivity index (χ0v) is 35.9. The molecule has 5 aliphatic heterocycles. The van der Waals surface area contributed by atoms with Gasteiger partial charge in [-0.2, -0.15) is 33.7 Å². The first-order valence-electron chi connectivity index (χ1n) is 20.2. The van der Waals surface area contributed by atoms with Crippen molar-refractivity contribution in [3.63, 3.8) is 0 Å². The topological polar surface area (TPSA) is 314 Å². The van der Waals surface area contributed by atoms with E-state index in [1.165, 1.54) is 0 Å². The van der Waals surface area contributed by atoms with Gasteiger partial charge < -0.3 is 0 Å². The third-order valence-electron chi connectivity index (χ3n) is 15.4. The van der Waals surface area contributed by atoms with Crippen molar-refractivity contribution >= 4 is 40.5 Å². The van der Waals surface area contributed by atoms with E-state index in [9.17, 15) is 51.9 Å². The summed E-state index contributed by atoms with van der Waals surface area (Å²) in [6.07, 6.45) is 7.44. The van der Waals surface area contributed by atoms with E-state index in [2.05, 4.69) is 42.5 Å². The van der Waals surface area contributed by atoms with Crippen LogP contribution < -0.4 is 42.5 Å². The Morgan fingerprint density at radius 3 is 0.667 bits per heavy atom. The van der Waals surface area contributed by atoms with Crippen molar-refractivity contribution in [2.45, 2.75) is 147 Å². The van der Waals surface area contributed by atoms with Crippen LogP contribution in [-0.2, 0) is 60.9 Å². The van der Waals surface area contributed by atoms with Crippen molar-refractivity contribution in [2.75, 3.05) is 0 Å². The molecule has 9 aliphatic rings. The smallest absolute Gasteiger partial charge is 0.270 e. The predicted octanol–water partition coefficient (Wildman–Crippen LogP) is -1.93. The van der Waals surface area contributed by atoms with Gasteiger partial charge in [-0.05, 0) is 74.0 Å². The second kappa shape index (κ2) is 15.7. The van der Waals surface area contributed by atoms with Crippen LogP contribution in [0.25, 0.3) is 0 Å². The van der Waals surface area contributed by atoms with Crippen LogP contribution in [0.5, 0.6) is 0 Å². The molecular formula is C32H56N8O12PdS4. The average Bonchev–Trinajstić information content (AvgIpc) is 3.84. The maximum Gasteiger partial charge on any atom is 0.270 e. The quantitative estimate of drug-likeness (QED) is 0.108. The first-order valence-corrected chi connectivity index (χ1v) is 26.3. The van der Waals surface area contributed by atoms with E-state index < -0.39 is 98.0 Å². The largest absolute Gasteiger partial charge is 0.286 e. The molecule has 4 aliphatic carbocycles. The number of nitrogens with one attached hydrogen (secondary N) is 8. The summed E-state index contributed by atoms with van der Waals surface area (Å²) in [7, 11) is -23.0. The molecule has 5 saturated heterocycles. The van der Waals surface area contributed by atoms with Crippen LogP contribution in [0, 0.1) is 47.3 Å². The van der Waals surface area contributed by atoms with E-state index in [4.69, 9.17) is 0 Å². The molecule has 12 N–H and O–H groups in total. The Morgan fingerprint density at radius 2 is 0.474 bits per heavy atom. The molecule has 5 heterocycles. The number of rotatable bonds is 4. The van der Waals surface area contributed by atoms with Gasteiger partial charge in [-0.15, -0.1) is 0 Å². The summed E-state index contributed by atoms with van der Waals surface area (Å²) in [4.78, 5) is 0. The van der Waals surface area contributed by atoms with E-state index in [-0.39, 0.29) is 68.8 Å². The third kappa shape index (κ3) is 7.76. The Hall–Kier alpha value is -0.0177. The van der Waals surface area contributed by atoms with Crippen LogP contribution in [0.4, 0.5) is 0 Å². The van der Waals surface area contributed by atoms with Crippen molar-refractivity contribution in [1.29, 1.82) is 0 Å². The first kappa shape index (κ1) is 43.6. The minimum atomic E-state index is -5.87. The van der Waals surface area contributed by atoms with Crippen LogP contribution in [0.15, 0.2) is 0 Å². The maximum atomic E-state index is 13.4. The zero-order chi connectivity index (χ0) is 39.7. The Labute approximate surface area is 348 Å². The Balaban J connectivity index is 0.00000455. The van der Waals surface area contributed by atoms with Gasteiger partial charge in [0.05, 0.1) is 49.3 Å². The first-order chi connectivity index (χ1) is 26.3. The van der Waals surface area contributed by atoms with Gasteiger partial charge in [0, 0.05) is 32.3 Å². The number of hydrogen-bond donors (Lipinski definition) is 12. The normalized spacial score (nSPS) is 50.2. The molecule has 8 bridgehead atoms. The number of fused-ring (bicyclic) bond motifs is 20. The van der Waals surface area contributed by atoms with Gasteiger partial charge in [-0.3, -0.25) is 60.7 Å². The molecule has 20 unspecified atom stereocenters. The molecule has 330 valence electrons. The average molecular weight is 980 g/mol. The third-order valence-corrected chi connectivity index (χ3v) is 21.0. The fourth-order valence-electron chi connectivity index (χ4n) is 13.4. The summed E-state index contributed by atoms with van der Waals surface area (Å²) in [6, 6.07) is 0. The van der Waals surface area contributed by atoms with E-state index in [1.54, 1.807) is 0 Å². The molecule has 0 spiro atoms. The minimum Gasteiger partial charge on any atom is -0.286 e. The second-order valence-electron chi connectivity index (χ2n) is 18.1. The van der Waals surface area contributed by atoms with E-state index in [1.807, 2.05) is 0 Å². The van der Waals surface area contributed by atoms with Gasteiger partial charge >= 0.3 is 0 Å². The van der Waals surface area contributed by atoms with Crippen LogP contribution >= 0.6 is 0 Å². The van der Waals surface area contributed by atoms with Crippen molar-refractivity contribution in [3.05, 3.63) is 0 Å². The van der Waals surface area contributed by atoms with E-state index in [0.29, 0.717) is 11.8 Å². The maximum absolute atomic E-state index is 13.4. The summed E-state index contributed by atoms with van der Waals surface area (Å²) < 4.78 is 149. The minimum absolute atomic E-state index is 0. The Kier molecular flexibility index (Phi) is 12.0. The SMILES string of the molecule is O=S(=O)(O)C1C2C3NC4NC(NC5NC(NC6NC(NC(N3)C2C(S(=O)(=O)O)C(S(=O)(=O)O)C1S(=O)(=O)O)C1CCCCC61)C1CCCCC51)C1CCCCC41.[Pd]. The van der Waals surface area contributed by atoms with Crippen molar-refractivity contribution < 1.29 is 72.3 Å². The Bertz CT molecular complexity index is 1850. The molecule has 0 amide bonds. The molecule has 9 fully saturated rings. The zero-order valence-electron chi connectivity index (χ0n) is 31.0. The molecule has 20 nitrogen and oxygen atoms in total. The molecule has 0 aromatic rings. The van der Waals surface area contributed by atoms with Crippen molar-refractivity contribution in [3.8, 4) is 0 Å².